The average Bonchev–Trinajstić information content (AvgIpc) is 2.59. The second-order valence-corrected chi connectivity index (χ2v) is 6.54. The molecule has 2 atom stereocenters. The normalized spacial score (nSPS) is 20.2. The molecular weight excluding hydrogens is 324 g/mol. The summed E-state index contributed by atoms with van der Waals surface area (Å²) in [6, 6.07) is 1.47. The average molecular weight is 352 g/mol. The molecule has 2 heterocycles. The van der Waals surface area contributed by atoms with Gasteiger partial charge in [-0.05, 0) is 25.2 Å². The van der Waals surface area contributed by atoms with E-state index in [1.54, 1.807) is 6.07 Å². The SMILES string of the molecule is COc1cc(OC)nc(CNC(=O)NC2CCOC(CC(C)C)C2)n1. The van der Waals surface area contributed by atoms with Crippen LogP contribution in [0.1, 0.15) is 38.9 Å². The number of amides is 2. The third kappa shape index (κ3) is 6.38. The smallest absolute Gasteiger partial charge is 0.315 e. The minimum absolute atomic E-state index is 0.123. The molecule has 0 saturated carbocycles. The fourth-order valence-corrected chi connectivity index (χ4v) is 2.83. The van der Waals surface area contributed by atoms with Gasteiger partial charge < -0.3 is 24.8 Å². The van der Waals surface area contributed by atoms with Crippen LogP contribution in [0.4, 0.5) is 4.79 Å². The summed E-state index contributed by atoms with van der Waals surface area (Å²) in [7, 11) is 3.04. The van der Waals surface area contributed by atoms with E-state index in [1.807, 2.05) is 0 Å². The van der Waals surface area contributed by atoms with Crippen molar-refractivity contribution >= 4 is 6.03 Å². The zero-order valence-corrected chi connectivity index (χ0v) is 15.4. The lowest BCUT2D eigenvalue weighted by atomic mass is 9.96. The highest BCUT2D eigenvalue weighted by atomic mass is 16.5. The Balaban J connectivity index is 1.82. The fourth-order valence-electron chi connectivity index (χ4n) is 2.83. The molecule has 1 aromatic heterocycles. The number of nitrogens with one attached hydrogen (secondary N) is 2. The van der Waals surface area contributed by atoms with Gasteiger partial charge in [0.2, 0.25) is 11.8 Å². The van der Waals surface area contributed by atoms with Crippen molar-refractivity contribution in [2.45, 2.75) is 51.8 Å². The van der Waals surface area contributed by atoms with Crippen LogP contribution in [0.15, 0.2) is 6.07 Å². The van der Waals surface area contributed by atoms with E-state index in [1.165, 1.54) is 14.2 Å². The van der Waals surface area contributed by atoms with E-state index < -0.39 is 0 Å². The number of aromatic nitrogens is 2. The maximum absolute atomic E-state index is 12.1. The number of hydrogen-bond donors (Lipinski definition) is 2. The summed E-state index contributed by atoms with van der Waals surface area (Å²) >= 11 is 0. The van der Waals surface area contributed by atoms with Crippen LogP contribution in [0.3, 0.4) is 0 Å². The third-order valence-corrected chi connectivity index (χ3v) is 3.99. The molecule has 0 bridgehead atoms. The standard InChI is InChI=1S/C17H28N4O4/c1-11(2)7-13-8-12(5-6-25-13)19-17(22)18-10-14-20-15(23-3)9-16(21-14)24-4/h9,11-13H,5-8,10H2,1-4H3,(H2,18,19,22). The van der Waals surface area contributed by atoms with Crippen LogP contribution < -0.4 is 20.1 Å². The van der Waals surface area contributed by atoms with Gasteiger partial charge in [0, 0.05) is 12.6 Å². The molecule has 1 aliphatic rings. The molecule has 25 heavy (non-hydrogen) atoms. The minimum atomic E-state index is -0.236. The Morgan fingerprint density at radius 3 is 2.60 bits per heavy atom. The van der Waals surface area contributed by atoms with Crippen molar-refractivity contribution in [2.75, 3.05) is 20.8 Å². The van der Waals surface area contributed by atoms with Crippen LogP contribution in [-0.2, 0) is 11.3 Å². The van der Waals surface area contributed by atoms with Crippen molar-refractivity contribution in [3.8, 4) is 11.8 Å². The second kappa shape index (κ2) is 9.41. The topological polar surface area (TPSA) is 94.6 Å². The highest BCUT2D eigenvalue weighted by Crippen LogP contribution is 2.20. The lowest BCUT2D eigenvalue weighted by molar-refractivity contribution is -0.00742. The summed E-state index contributed by atoms with van der Waals surface area (Å²) in [6.45, 7) is 5.22. The van der Waals surface area contributed by atoms with Gasteiger partial charge in [-0.3, -0.25) is 0 Å². The zero-order valence-electron chi connectivity index (χ0n) is 15.4. The third-order valence-electron chi connectivity index (χ3n) is 3.99. The molecule has 2 amide bonds. The van der Waals surface area contributed by atoms with Crippen molar-refractivity contribution in [3.63, 3.8) is 0 Å². The molecule has 0 spiro atoms. The number of methoxy groups -OCH3 is 2. The Hall–Kier alpha value is -2.09. The van der Waals surface area contributed by atoms with Gasteiger partial charge in [0.15, 0.2) is 5.82 Å². The molecular formula is C17H28N4O4. The predicted octanol–water partition coefficient (Wildman–Crippen LogP) is 1.89. The summed E-state index contributed by atoms with van der Waals surface area (Å²) in [5.74, 6) is 1.80. The minimum Gasteiger partial charge on any atom is -0.481 e. The van der Waals surface area contributed by atoms with Crippen LogP contribution in [0.2, 0.25) is 0 Å². The van der Waals surface area contributed by atoms with Crippen LogP contribution in [0.25, 0.3) is 0 Å². The number of ether oxygens (including phenoxy) is 3. The van der Waals surface area contributed by atoms with E-state index in [-0.39, 0.29) is 24.7 Å². The molecule has 1 aromatic rings. The van der Waals surface area contributed by atoms with Gasteiger partial charge in [0.05, 0.1) is 32.9 Å². The van der Waals surface area contributed by atoms with Crippen molar-refractivity contribution in [2.24, 2.45) is 5.92 Å². The summed E-state index contributed by atoms with van der Waals surface area (Å²) in [5.41, 5.74) is 0. The maximum atomic E-state index is 12.1. The van der Waals surface area contributed by atoms with Gasteiger partial charge in [-0.2, -0.15) is 9.97 Å². The van der Waals surface area contributed by atoms with Gasteiger partial charge in [0.25, 0.3) is 0 Å². The number of nitrogens with zero attached hydrogens (tertiary/aromatic N) is 2. The molecule has 0 aliphatic carbocycles. The van der Waals surface area contributed by atoms with E-state index in [0.29, 0.717) is 30.1 Å². The molecule has 1 fully saturated rings. The Morgan fingerprint density at radius 1 is 1.32 bits per heavy atom. The lowest BCUT2D eigenvalue weighted by Crippen LogP contribution is -2.46. The molecule has 2 rings (SSSR count). The first-order chi connectivity index (χ1) is 12.0. The molecule has 2 unspecified atom stereocenters. The number of carbonyl (C=O) groups is 1. The van der Waals surface area contributed by atoms with Gasteiger partial charge in [-0.25, -0.2) is 4.79 Å². The molecule has 0 aromatic carbocycles. The van der Waals surface area contributed by atoms with Crippen LogP contribution in [0, 0.1) is 5.92 Å². The Labute approximate surface area is 148 Å². The monoisotopic (exact) mass is 352 g/mol. The summed E-state index contributed by atoms with van der Waals surface area (Å²) in [5, 5.41) is 5.78. The van der Waals surface area contributed by atoms with E-state index in [2.05, 4.69) is 34.4 Å². The van der Waals surface area contributed by atoms with Gasteiger partial charge in [0.1, 0.15) is 0 Å². The van der Waals surface area contributed by atoms with E-state index in [0.717, 1.165) is 19.3 Å². The van der Waals surface area contributed by atoms with Gasteiger partial charge in [-0.15, -0.1) is 0 Å². The number of urea groups is 1. The number of rotatable bonds is 7. The van der Waals surface area contributed by atoms with E-state index in [4.69, 9.17) is 14.2 Å². The van der Waals surface area contributed by atoms with Gasteiger partial charge >= 0.3 is 6.03 Å². The van der Waals surface area contributed by atoms with Crippen LogP contribution in [-0.4, -0.2) is 49.0 Å². The first-order valence-electron chi connectivity index (χ1n) is 8.62. The van der Waals surface area contributed by atoms with Crippen LogP contribution >= 0.6 is 0 Å². The first kappa shape index (κ1) is 19.2. The van der Waals surface area contributed by atoms with E-state index >= 15 is 0 Å². The molecule has 140 valence electrons. The quantitative estimate of drug-likeness (QED) is 0.778. The van der Waals surface area contributed by atoms with Crippen molar-refractivity contribution in [3.05, 3.63) is 11.9 Å². The van der Waals surface area contributed by atoms with Gasteiger partial charge in [-0.1, -0.05) is 13.8 Å². The second-order valence-electron chi connectivity index (χ2n) is 6.54. The van der Waals surface area contributed by atoms with Crippen molar-refractivity contribution in [1.29, 1.82) is 0 Å². The molecule has 0 radical (unpaired) electrons. The zero-order chi connectivity index (χ0) is 18.2. The molecule has 1 saturated heterocycles. The largest absolute Gasteiger partial charge is 0.481 e. The Kier molecular flexibility index (Phi) is 7.24. The number of hydrogen-bond acceptors (Lipinski definition) is 6. The molecule has 1 aliphatic heterocycles. The molecule has 8 nitrogen and oxygen atoms in total. The molecule has 2 N–H and O–H groups in total. The van der Waals surface area contributed by atoms with Crippen molar-refractivity contribution in [1.82, 2.24) is 20.6 Å². The summed E-state index contributed by atoms with van der Waals surface area (Å²) in [4.78, 5) is 20.5. The number of carbonyl (C=O) groups excluding carboxylic acids is 1. The van der Waals surface area contributed by atoms with E-state index in [9.17, 15) is 4.79 Å². The van der Waals surface area contributed by atoms with Crippen LogP contribution in [0.5, 0.6) is 11.8 Å². The highest BCUT2D eigenvalue weighted by molar-refractivity contribution is 5.74. The Bertz CT molecular complexity index is 545. The maximum Gasteiger partial charge on any atom is 0.315 e. The van der Waals surface area contributed by atoms with Crippen molar-refractivity contribution < 1.29 is 19.0 Å². The highest BCUT2D eigenvalue weighted by Gasteiger charge is 2.24. The Morgan fingerprint density at radius 2 is 2.00 bits per heavy atom. The fraction of sp³-hybridized carbons (Fsp3) is 0.706. The lowest BCUT2D eigenvalue weighted by Gasteiger charge is -2.31. The summed E-state index contributed by atoms with van der Waals surface area (Å²) in [6.07, 6.45) is 2.89. The summed E-state index contributed by atoms with van der Waals surface area (Å²) < 4.78 is 16.0. The first-order valence-corrected chi connectivity index (χ1v) is 8.62. The predicted molar refractivity (Wildman–Crippen MR) is 92.7 cm³/mol. The molecule has 8 heteroatoms.